The molecular weight excluding hydrogens is 1250 g/mol. The van der Waals surface area contributed by atoms with Crippen LogP contribution in [-0.4, -0.2) is 25.0 Å². The lowest BCUT2D eigenvalue weighted by Crippen LogP contribution is -2.61. The van der Waals surface area contributed by atoms with Crippen molar-refractivity contribution in [2.24, 2.45) is 0 Å². The van der Waals surface area contributed by atoms with Crippen LogP contribution < -0.4 is 26.2 Å². The van der Waals surface area contributed by atoms with E-state index in [4.69, 9.17) is 0 Å². The maximum absolute atomic E-state index is 2.67. The van der Waals surface area contributed by atoms with Gasteiger partial charge in [0.25, 0.3) is 6.71 Å². The Bertz CT molecular complexity index is 6370. The maximum Gasteiger partial charge on any atom is 0.252 e. The fourth-order valence-corrected chi connectivity index (χ4v) is 17.9. The number of rotatable bonds is 9. The van der Waals surface area contributed by atoms with Gasteiger partial charge in [-0.2, -0.15) is 0 Å². The van der Waals surface area contributed by atoms with Crippen LogP contribution in [0.1, 0.15) is 0 Å². The quantitative estimate of drug-likeness (QED) is 0.135. The molecule has 0 unspecified atom stereocenters. The largest absolute Gasteiger partial charge is 0.311 e. The van der Waals surface area contributed by atoms with Crippen LogP contribution in [0.25, 0.3) is 143 Å². The molecule has 103 heavy (non-hydrogen) atoms. The lowest BCUT2D eigenvalue weighted by atomic mass is 9.33. The van der Waals surface area contributed by atoms with Crippen LogP contribution in [-0.2, 0) is 0 Å². The van der Waals surface area contributed by atoms with Gasteiger partial charge in [-0.3, -0.25) is 0 Å². The molecule has 22 rings (SSSR count). The molecule has 0 atom stereocenters. The normalized spacial score (nSPS) is 12.6. The van der Waals surface area contributed by atoms with Crippen LogP contribution in [0.4, 0.5) is 34.1 Å². The SMILES string of the molecule is c1ccc(-c2ccccc2N2c3cc4c5ccccc5n(-c5ccccc5)c4cc3B3c4cc5c(cc4N(c4ccccc4-c4ccccc4)c4cc(-c6c(-n7c8ccccc8c8ccccc87)cccc6-n6c7ccccc7c7ccccc76)cc2c43)c2ccccc2n5-c2ccccc2)cc1. The van der Waals surface area contributed by atoms with E-state index in [1.54, 1.807) is 0 Å². The summed E-state index contributed by atoms with van der Waals surface area (Å²) in [6.45, 7) is -0.313. The van der Waals surface area contributed by atoms with Crippen LogP contribution >= 0.6 is 0 Å². The maximum atomic E-state index is 2.67. The summed E-state index contributed by atoms with van der Waals surface area (Å²) in [5.74, 6) is 0. The lowest BCUT2D eigenvalue weighted by Gasteiger charge is -2.45. The summed E-state index contributed by atoms with van der Waals surface area (Å²) in [6, 6.07) is 138. The first-order chi connectivity index (χ1) is 51.2. The van der Waals surface area contributed by atoms with E-state index < -0.39 is 0 Å². The zero-order chi connectivity index (χ0) is 67.4. The average molecular weight is 1310 g/mol. The molecule has 0 amide bonds. The predicted molar refractivity (Wildman–Crippen MR) is 434 cm³/mol. The molecule has 6 nitrogen and oxygen atoms in total. The highest BCUT2D eigenvalue weighted by molar-refractivity contribution is 7.00. The molecule has 0 N–H and O–H groups in total. The van der Waals surface area contributed by atoms with Crippen LogP contribution in [0.5, 0.6) is 0 Å². The standard InChI is InChI=1S/C96H61BN6/c1-5-30-62(31-6-1)67-38-13-21-46-79(67)102-91-58-75-73-44-19-23-48-81(73)98(65-34-9-3-10-35-65)89(75)60-77(91)97-78-61-90-76(74-45-20-24-49-82(74)99(90)66-36-11-4-12-37-66)59-92(78)103(80-47-22-14-39-68(80)63-32-7-2-8-33-63)94-57-64(56-93(102)96(94)97)95-87(100-83-50-25-15-40-69(83)70-41-16-26-51-84(70)100)54-29-55-88(95)101-85-52-27-17-42-71(85)72-43-18-28-53-86(72)101/h1-61H. The summed E-state index contributed by atoms with van der Waals surface area (Å²) in [7, 11) is 0. The summed E-state index contributed by atoms with van der Waals surface area (Å²) in [5, 5.41) is 9.56. The van der Waals surface area contributed by atoms with Crippen molar-refractivity contribution in [1.82, 2.24) is 18.3 Å². The fraction of sp³-hybridized carbons (Fsp3) is 0. The molecule has 6 heterocycles. The molecule has 4 aromatic heterocycles. The molecule has 0 aliphatic carbocycles. The number of hydrogen-bond donors (Lipinski definition) is 0. The van der Waals surface area contributed by atoms with Crippen molar-refractivity contribution in [2.45, 2.75) is 0 Å². The summed E-state index contributed by atoms with van der Waals surface area (Å²) in [6.07, 6.45) is 0. The van der Waals surface area contributed by atoms with Gasteiger partial charge in [-0.15, -0.1) is 0 Å². The van der Waals surface area contributed by atoms with Gasteiger partial charge in [0.1, 0.15) is 0 Å². The van der Waals surface area contributed by atoms with E-state index in [9.17, 15) is 0 Å². The number of benzene rings is 16. The van der Waals surface area contributed by atoms with E-state index in [0.717, 1.165) is 134 Å². The molecule has 0 bridgehead atoms. The van der Waals surface area contributed by atoms with Gasteiger partial charge in [0.05, 0.1) is 66.9 Å². The highest BCUT2D eigenvalue weighted by Gasteiger charge is 2.46. The minimum atomic E-state index is -0.313. The summed E-state index contributed by atoms with van der Waals surface area (Å²) in [4.78, 5) is 5.33. The zero-order valence-electron chi connectivity index (χ0n) is 56.0. The summed E-state index contributed by atoms with van der Waals surface area (Å²) < 4.78 is 10.1. The van der Waals surface area contributed by atoms with Gasteiger partial charge in [-0.05, 0) is 154 Å². The Balaban J connectivity index is 0.962. The molecule has 0 radical (unpaired) electrons. The molecule has 0 saturated heterocycles. The zero-order valence-corrected chi connectivity index (χ0v) is 56.0. The molecule has 2 aliphatic rings. The number of anilines is 6. The van der Waals surface area contributed by atoms with Crippen molar-refractivity contribution in [1.29, 1.82) is 0 Å². The molecular formula is C96H61BN6. The van der Waals surface area contributed by atoms with E-state index in [2.05, 4.69) is 398 Å². The molecule has 20 aromatic rings. The van der Waals surface area contributed by atoms with E-state index in [1.165, 1.54) is 59.5 Å². The first kappa shape index (κ1) is 57.3. The monoisotopic (exact) mass is 1310 g/mol. The van der Waals surface area contributed by atoms with Gasteiger partial charge in [-0.25, -0.2) is 0 Å². The lowest BCUT2D eigenvalue weighted by molar-refractivity contribution is 1.14. The number of fused-ring (bicyclic) bond motifs is 16. The van der Waals surface area contributed by atoms with Crippen LogP contribution in [0.15, 0.2) is 370 Å². The Labute approximate surface area is 595 Å². The molecule has 2 aliphatic heterocycles. The Morgan fingerprint density at radius 1 is 0.184 bits per heavy atom. The van der Waals surface area contributed by atoms with E-state index in [-0.39, 0.29) is 6.71 Å². The molecule has 16 aromatic carbocycles. The molecule has 0 fully saturated rings. The Morgan fingerprint density at radius 2 is 0.485 bits per heavy atom. The first-order valence-electron chi connectivity index (χ1n) is 35.6. The Kier molecular flexibility index (Phi) is 12.5. The average Bonchev–Trinajstić information content (AvgIpc) is 1.58. The van der Waals surface area contributed by atoms with Gasteiger partial charge in [-0.1, -0.05) is 249 Å². The summed E-state index contributed by atoms with van der Waals surface area (Å²) >= 11 is 0. The Morgan fingerprint density at radius 3 is 0.864 bits per heavy atom. The second-order valence-electron chi connectivity index (χ2n) is 27.4. The Hall–Kier alpha value is -13.6. The van der Waals surface area contributed by atoms with E-state index >= 15 is 0 Å². The smallest absolute Gasteiger partial charge is 0.252 e. The van der Waals surface area contributed by atoms with Crippen molar-refractivity contribution in [3.05, 3.63) is 370 Å². The molecule has 478 valence electrons. The van der Waals surface area contributed by atoms with E-state index in [0.29, 0.717) is 0 Å². The molecule has 0 spiro atoms. The molecule has 0 saturated carbocycles. The minimum Gasteiger partial charge on any atom is -0.311 e. The highest BCUT2D eigenvalue weighted by atomic mass is 15.2. The van der Waals surface area contributed by atoms with Gasteiger partial charge in [0, 0.05) is 93.9 Å². The number of hydrogen-bond acceptors (Lipinski definition) is 2. The van der Waals surface area contributed by atoms with Crippen molar-refractivity contribution >= 4 is 144 Å². The molecule has 7 heteroatoms. The topological polar surface area (TPSA) is 26.2 Å². The van der Waals surface area contributed by atoms with Gasteiger partial charge >= 0.3 is 0 Å². The van der Waals surface area contributed by atoms with Gasteiger partial charge in [0.2, 0.25) is 0 Å². The third kappa shape index (κ3) is 8.39. The van der Waals surface area contributed by atoms with Crippen LogP contribution in [0.3, 0.4) is 0 Å². The van der Waals surface area contributed by atoms with Crippen LogP contribution in [0.2, 0.25) is 0 Å². The first-order valence-corrected chi connectivity index (χ1v) is 35.6. The third-order valence-corrected chi connectivity index (χ3v) is 22.1. The minimum absolute atomic E-state index is 0.313. The number of nitrogens with zero attached hydrogens (tertiary/aromatic N) is 6. The second-order valence-corrected chi connectivity index (χ2v) is 27.4. The summed E-state index contributed by atoms with van der Waals surface area (Å²) in [5.41, 5.74) is 30.5. The van der Waals surface area contributed by atoms with Gasteiger partial charge in [0.15, 0.2) is 0 Å². The van der Waals surface area contributed by atoms with E-state index in [1.807, 2.05) is 0 Å². The third-order valence-electron chi connectivity index (χ3n) is 22.1. The van der Waals surface area contributed by atoms with Crippen molar-refractivity contribution in [3.8, 4) is 56.1 Å². The van der Waals surface area contributed by atoms with Gasteiger partial charge < -0.3 is 28.1 Å². The van der Waals surface area contributed by atoms with Crippen LogP contribution in [0, 0.1) is 0 Å². The number of para-hydroxylation sites is 10. The van der Waals surface area contributed by atoms with Crippen molar-refractivity contribution < 1.29 is 0 Å². The fourth-order valence-electron chi connectivity index (χ4n) is 17.9. The van der Waals surface area contributed by atoms with Crippen molar-refractivity contribution in [2.75, 3.05) is 9.80 Å². The predicted octanol–water partition coefficient (Wildman–Crippen LogP) is 23.2. The number of aromatic nitrogens is 4. The second kappa shape index (κ2) is 22.5. The highest BCUT2D eigenvalue weighted by Crippen LogP contribution is 2.54. The van der Waals surface area contributed by atoms with Crippen molar-refractivity contribution in [3.63, 3.8) is 0 Å².